The Labute approximate surface area is 74.3 Å². The fourth-order valence-electron chi connectivity index (χ4n) is 1.62. The van der Waals surface area contributed by atoms with Crippen LogP contribution in [0.1, 0.15) is 6.92 Å². The van der Waals surface area contributed by atoms with E-state index in [9.17, 15) is 14.0 Å². The Morgan fingerprint density at radius 3 is 2.77 bits per heavy atom. The number of amides is 1. The van der Waals surface area contributed by atoms with Crippen molar-refractivity contribution >= 4 is 11.7 Å². The predicted molar refractivity (Wildman–Crippen MR) is 43.4 cm³/mol. The average Bonchev–Trinajstić information content (AvgIpc) is 2.38. The third kappa shape index (κ3) is 1.02. The minimum atomic E-state index is -1.37. The van der Waals surface area contributed by atoms with Gasteiger partial charge in [-0.15, -0.1) is 0 Å². The zero-order chi connectivity index (χ0) is 9.59. The maximum Gasteiger partial charge on any atom is 0.292 e. The highest BCUT2D eigenvalue weighted by Gasteiger charge is 2.43. The van der Waals surface area contributed by atoms with Gasteiger partial charge in [-0.2, -0.15) is 0 Å². The van der Waals surface area contributed by atoms with Crippen LogP contribution in [0.5, 0.6) is 0 Å². The van der Waals surface area contributed by atoms with Gasteiger partial charge in [0.25, 0.3) is 5.91 Å². The number of fused-ring (bicyclic) bond motifs is 1. The molecule has 1 aliphatic carbocycles. The van der Waals surface area contributed by atoms with Crippen molar-refractivity contribution in [3.05, 3.63) is 23.4 Å². The van der Waals surface area contributed by atoms with Gasteiger partial charge in [-0.3, -0.25) is 9.59 Å². The molecular formula is C9H8FNO2. The topological polar surface area (TPSA) is 46.2 Å². The number of nitrogens with one attached hydrogen (secondary N) is 1. The van der Waals surface area contributed by atoms with E-state index in [1.54, 1.807) is 13.0 Å². The number of hydrogen-bond donors (Lipinski definition) is 1. The summed E-state index contributed by atoms with van der Waals surface area (Å²) >= 11 is 0. The van der Waals surface area contributed by atoms with Crippen LogP contribution < -0.4 is 5.32 Å². The molecular weight excluding hydrogens is 173 g/mol. The number of Topliss-reactive ketones (excluding diaryl/α,β-unsaturated/α-hetero) is 1. The summed E-state index contributed by atoms with van der Waals surface area (Å²) in [6.07, 6.45) is 1.52. The Morgan fingerprint density at radius 1 is 1.46 bits per heavy atom. The molecule has 1 amide bonds. The minimum Gasteiger partial charge on any atom is -0.322 e. The highest BCUT2D eigenvalue weighted by molar-refractivity contribution is 6.40. The van der Waals surface area contributed by atoms with Gasteiger partial charge < -0.3 is 5.32 Å². The van der Waals surface area contributed by atoms with Gasteiger partial charge in [0.05, 0.1) is 0 Å². The van der Waals surface area contributed by atoms with Crippen LogP contribution >= 0.6 is 0 Å². The monoisotopic (exact) mass is 181 g/mol. The molecule has 0 spiro atoms. The molecule has 1 fully saturated rings. The van der Waals surface area contributed by atoms with Crippen LogP contribution in [-0.2, 0) is 9.59 Å². The first kappa shape index (κ1) is 8.16. The molecule has 0 aromatic rings. The summed E-state index contributed by atoms with van der Waals surface area (Å²) in [5.41, 5.74) is 1.17. The Balaban J connectivity index is 2.48. The van der Waals surface area contributed by atoms with E-state index in [0.29, 0.717) is 5.70 Å². The fraction of sp³-hybridized carbons (Fsp3) is 0.333. The number of alkyl halides is 1. The van der Waals surface area contributed by atoms with Crippen LogP contribution in [0, 0.1) is 5.92 Å². The molecule has 2 unspecified atom stereocenters. The third-order valence-corrected chi connectivity index (χ3v) is 2.34. The van der Waals surface area contributed by atoms with Crippen molar-refractivity contribution in [1.82, 2.24) is 5.32 Å². The molecule has 1 N–H and O–H groups in total. The lowest BCUT2D eigenvalue weighted by Gasteiger charge is -2.17. The molecule has 1 aliphatic heterocycles. The van der Waals surface area contributed by atoms with Crippen LogP contribution in [-0.4, -0.2) is 17.9 Å². The van der Waals surface area contributed by atoms with Crippen LogP contribution in [0.15, 0.2) is 23.4 Å². The van der Waals surface area contributed by atoms with Gasteiger partial charge in [-0.1, -0.05) is 6.08 Å². The van der Waals surface area contributed by atoms with Crippen LogP contribution in [0.3, 0.4) is 0 Å². The Hall–Kier alpha value is -1.45. The summed E-state index contributed by atoms with van der Waals surface area (Å²) in [6, 6.07) is 0. The van der Waals surface area contributed by atoms with Crippen molar-refractivity contribution in [2.75, 3.05) is 0 Å². The summed E-state index contributed by atoms with van der Waals surface area (Å²) in [4.78, 5) is 22.1. The summed E-state index contributed by atoms with van der Waals surface area (Å²) < 4.78 is 13.2. The number of carbonyl (C=O) groups excluding carboxylic acids is 2. The van der Waals surface area contributed by atoms with Crippen molar-refractivity contribution in [3.63, 3.8) is 0 Å². The minimum absolute atomic E-state index is 0.421. The Kier molecular flexibility index (Phi) is 1.58. The fourth-order valence-corrected chi connectivity index (χ4v) is 1.62. The van der Waals surface area contributed by atoms with Crippen LogP contribution in [0.25, 0.3) is 0 Å². The second kappa shape index (κ2) is 2.52. The average molecular weight is 181 g/mol. The Bertz CT molecular complexity index is 357. The Morgan fingerprint density at radius 2 is 2.15 bits per heavy atom. The maximum absolute atomic E-state index is 13.2. The SMILES string of the molecule is CC1=C2NC(=O)C(=O)C2C(F)C=C1. The van der Waals surface area contributed by atoms with E-state index in [2.05, 4.69) is 5.32 Å². The summed E-state index contributed by atoms with van der Waals surface area (Å²) in [5.74, 6) is -2.30. The largest absolute Gasteiger partial charge is 0.322 e. The van der Waals surface area contributed by atoms with Crippen LogP contribution in [0.2, 0.25) is 0 Å². The summed E-state index contributed by atoms with van der Waals surface area (Å²) in [6.45, 7) is 1.74. The van der Waals surface area contributed by atoms with Crippen molar-refractivity contribution in [2.45, 2.75) is 13.1 Å². The lowest BCUT2D eigenvalue weighted by molar-refractivity contribution is -0.137. The lowest BCUT2D eigenvalue weighted by atomic mass is 9.91. The lowest BCUT2D eigenvalue weighted by Crippen LogP contribution is -2.24. The molecule has 68 valence electrons. The molecule has 3 nitrogen and oxygen atoms in total. The van der Waals surface area contributed by atoms with Gasteiger partial charge >= 0.3 is 0 Å². The molecule has 2 aliphatic rings. The van der Waals surface area contributed by atoms with E-state index < -0.39 is 23.8 Å². The summed E-state index contributed by atoms with van der Waals surface area (Å²) in [5, 5.41) is 2.39. The highest BCUT2D eigenvalue weighted by atomic mass is 19.1. The molecule has 2 atom stereocenters. The standard InChI is InChI=1S/C9H8FNO2/c1-4-2-3-5(10)6-7(4)11-9(13)8(6)12/h2-3,5-6H,1H3,(H,11,13). The van der Waals surface area contributed by atoms with Gasteiger partial charge in [0, 0.05) is 5.70 Å². The van der Waals surface area contributed by atoms with Gasteiger partial charge in [0.1, 0.15) is 12.1 Å². The number of hydrogen-bond acceptors (Lipinski definition) is 2. The highest BCUT2D eigenvalue weighted by Crippen LogP contribution is 2.30. The second-order valence-corrected chi connectivity index (χ2v) is 3.20. The predicted octanol–water partition coefficient (Wildman–Crippen LogP) is 0.483. The summed E-state index contributed by atoms with van der Waals surface area (Å²) in [7, 11) is 0. The number of rotatable bonds is 0. The third-order valence-electron chi connectivity index (χ3n) is 2.34. The molecule has 0 saturated carbocycles. The van der Waals surface area contributed by atoms with Crippen molar-refractivity contribution < 1.29 is 14.0 Å². The molecule has 0 bridgehead atoms. The second-order valence-electron chi connectivity index (χ2n) is 3.20. The van der Waals surface area contributed by atoms with Gasteiger partial charge in [0.15, 0.2) is 0 Å². The number of ketones is 1. The molecule has 13 heavy (non-hydrogen) atoms. The van der Waals surface area contributed by atoms with E-state index in [1.807, 2.05) is 0 Å². The molecule has 0 aromatic carbocycles. The number of allylic oxidation sites excluding steroid dienone is 4. The molecule has 0 aromatic heterocycles. The van der Waals surface area contributed by atoms with Gasteiger partial charge in [-0.05, 0) is 18.6 Å². The smallest absolute Gasteiger partial charge is 0.292 e. The zero-order valence-corrected chi connectivity index (χ0v) is 7.00. The van der Waals surface area contributed by atoms with E-state index in [4.69, 9.17) is 0 Å². The normalized spacial score (nSPS) is 32.2. The first-order valence-corrected chi connectivity index (χ1v) is 3.99. The quantitative estimate of drug-likeness (QED) is 0.552. The molecule has 4 heteroatoms. The first-order valence-electron chi connectivity index (χ1n) is 3.99. The zero-order valence-electron chi connectivity index (χ0n) is 7.00. The molecule has 1 saturated heterocycles. The van der Waals surface area contributed by atoms with E-state index in [1.165, 1.54) is 6.08 Å². The van der Waals surface area contributed by atoms with Crippen molar-refractivity contribution in [1.29, 1.82) is 0 Å². The first-order chi connectivity index (χ1) is 6.11. The maximum atomic E-state index is 13.2. The van der Waals surface area contributed by atoms with Crippen molar-refractivity contribution in [2.24, 2.45) is 5.92 Å². The van der Waals surface area contributed by atoms with Crippen molar-refractivity contribution in [3.8, 4) is 0 Å². The number of carbonyl (C=O) groups is 2. The molecule has 1 heterocycles. The van der Waals surface area contributed by atoms with Crippen LogP contribution in [0.4, 0.5) is 4.39 Å². The van der Waals surface area contributed by atoms with E-state index in [0.717, 1.165) is 5.57 Å². The molecule has 2 rings (SSSR count). The van der Waals surface area contributed by atoms with E-state index >= 15 is 0 Å². The van der Waals surface area contributed by atoms with Gasteiger partial charge in [-0.25, -0.2) is 4.39 Å². The van der Waals surface area contributed by atoms with E-state index in [-0.39, 0.29) is 0 Å². The molecule has 0 radical (unpaired) electrons. The number of halogens is 1. The van der Waals surface area contributed by atoms with Gasteiger partial charge in [0.2, 0.25) is 5.78 Å².